The maximum atomic E-state index is 5.68. The number of piperazine rings is 1. The van der Waals surface area contributed by atoms with E-state index in [9.17, 15) is 0 Å². The van der Waals surface area contributed by atoms with Crippen LogP contribution in [0.5, 0.6) is 0 Å². The van der Waals surface area contributed by atoms with Gasteiger partial charge in [-0.05, 0) is 92.5 Å². The topological polar surface area (TPSA) is 81.8 Å². The van der Waals surface area contributed by atoms with Crippen LogP contribution in [0.4, 0.5) is 5.13 Å². The van der Waals surface area contributed by atoms with E-state index in [1.54, 1.807) is 5.57 Å². The lowest BCUT2D eigenvalue weighted by Crippen LogP contribution is -2.49. The first-order chi connectivity index (χ1) is 17.3. The normalized spacial score (nSPS) is 37.5. The van der Waals surface area contributed by atoms with Crippen LogP contribution in [-0.4, -0.2) is 58.4 Å². The van der Waals surface area contributed by atoms with Gasteiger partial charge in [-0.1, -0.05) is 38.2 Å². The third-order valence-electron chi connectivity index (χ3n) is 10.4. The average Bonchev–Trinajstić information content (AvgIpc) is 3.42. The van der Waals surface area contributed by atoms with E-state index in [1.165, 1.54) is 48.4 Å². The zero-order valence-electron chi connectivity index (χ0n) is 22.0. The lowest BCUT2D eigenvalue weighted by atomic mass is 9.48. The Labute approximate surface area is 224 Å². The first kappa shape index (κ1) is 24.8. The Kier molecular flexibility index (Phi) is 6.42. The van der Waals surface area contributed by atoms with Crippen LogP contribution in [0.1, 0.15) is 69.9 Å². The van der Waals surface area contributed by atoms with E-state index in [0.29, 0.717) is 5.92 Å². The number of rotatable bonds is 4. The molecule has 5 atom stereocenters. The van der Waals surface area contributed by atoms with E-state index < -0.39 is 0 Å². The van der Waals surface area contributed by atoms with Crippen molar-refractivity contribution in [3.8, 4) is 0 Å². The van der Waals surface area contributed by atoms with Gasteiger partial charge in [0, 0.05) is 37.3 Å². The number of nitrogens with one attached hydrogen (secondary N) is 2. The van der Waals surface area contributed by atoms with E-state index in [0.717, 1.165) is 62.5 Å². The van der Waals surface area contributed by atoms with E-state index in [2.05, 4.69) is 52.7 Å². The Hall–Kier alpha value is -1.55. The molecule has 6 rings (SSSR count). The zero-order chi connectivity index (χ0) is 25.1. The molecule has 9 heteroatoms. The van der Waals surface area contributed by atoms with Crippen molar-refractivity contribution < 1.29 is 0 Å². The first-order valence-electron chi connectivity index (χ1n) is 13.9. The molecule has 4 N–H and O–H groups in total. The highest BCUT2D eigenvalue weighted by Crippen LogP contribution is 2.65. The molecule has 0 spiro atoms. The van der Waals surface area contributed by atoms with Crippen LogP contribution in [0.15, 0.2) is 11.2 Å². The van der Waals surface area contributed by atoms with E-state index in [4.69, 9.17) is 22.9 Å². The minimum atomic E-state index is 0.170. The minimum absolute atomic E-state index is 0.170. The van der Waals surface area contributed by atoms with Crippen molar-refractivity contribution in [3.05, 3.63) is 16.6 Å². The number of aromatic nitrogens is 1. The van der Waals surface area contributed by atoms with Crippen LogP contribution in [0.2, 0.25) is 0 Å². The standard InChI is InChI=1S/C27H41N7S2/c1-4-33-13-15-34(16-14-33)32-25-29-21-10-12-26(2)19-9-11-27(3)18(7-8-22(27)30-31-24(28)35)17(19)5-6-20(26)23(21)36-25/h6,17-19H,4-5,7-16H2,1-3H3,(H,29,32)(H3,28,31,35)/b30-22+/t17-,18-,19-,26+,27-/m0/s1. The minimum Gasteiger partial charge on any atom is -0.375 e. The number of nitrogens with zero attached hydrogens (tertiary/aromatic N) is 4. The summed E-state index contributed by atoms with van der Waals surface area (Å²) in [6.45, 7) is 12.8. The molecule has 0 radical (unpaired) electrons. The van der Waals surface area contributed by atoms with Crippen LogP contribution in [0.25, 0.3) is 5.57 Å². The Balaban J connectivity index is 1.22. The van der Waals surface area contributed by atoms with Gasteiger partial charge in [-0.3, -0.25) is 10.9 Å². The Morgan fingerprint density at radius 2 is 1.94 bits per heavy atom. The van der Waals surface area contributed by atoms with Crippen LogP contribution < -0.4 is 16.6 Å². The fraction of sp³-hybridized carbons (Fsp3) is 0.741. The number of aryl methyl sites for hydroxylation is 1. The molecule has 0 aromatic carbocycles. The van der Waals surface area contributed by atoms with Crippen molar-refractivity contribution in [2.45, 2.75) is 65.7 Å². The van der Waals surface area contributed by atoms with Crippen molar-refractivity contribution in [2.24, 2.45) is 39.4 Å². The molecule has 1 aliphatic heterocycles. The smallest absolute Gasteiger partial charge is 0.198 e. The molecule has 1 aromatic heterocycles. The van der Waals surface area contributed by atoms with E-state index in [-0.39, 0.29) is 15.9 Å². The highest BCUT2D eigenvalue weighted by molar-refractivity contribution is 7.80. The highest BCUT2D eigenvalue weighted by atomic mass is 32.1. The molecule has 5 aliphatic rings. The number of hydrogen-bond donors (Lipinski definition) is 3. The summed E-state index contributed by atoms with van der Waals surface area (Å²) in [6.07, 6.45) is 10.9. The zero-order valence-corrected chi connectivity index (χ0v) is 23.6. The molecule has 7 nitrogen and oxygen atoms in total. The van der Waals surface area contributed by atoms with Crippen LogP contribution in [0.3, 0.4) is 0 Å². The lowest BCUT2D eigenvalue weighted by molar-refractivity contribution is 0.0116. The number of anilines is 1. The quantitative estimate of drug-likeness (QED) is 0.393. The summed E-state index contributed by atoms with van der Waals surface area (Å²) in [5, 5.41) is 8.37. The molecule has 1 saturated heterocycles. The summed E-state index contributed by atoms with van der Waals surface area (Å²) in [7, 11) is 0. The third kappa shape index (κ3) is 4.01. The Morgan fingerprint density at radius 3 is 2.69 bits per heavy atom. The number of hydrazine groups is 1. The number of nitrogens with two attached hydrogens (primary N) is 1. The van der Waals surface area contributed by atoms with Gasteiger partial charge in [0.1, 0.15) is 0 Å². The van der Waals surface area contributed by atoms with E-state index >= 15 is 0 Å². The maximum Gasteiger partial charge on any atom is 0.198 e. The monoisotopic (exact) mass is 527 g/mol. The Morgan fingerprint density at radius 1 is 1.17 bits per heavy atom. The molecular formula is C27H41N7S2. The summed E-state index contributed by atoms with van der Waals surface area (Å²) in [5.74, 6) is 2.17. The molecule has 3 fully saturated rings. The predicted molar refractivity (Wildman–Crippen MR) is 153 cm³/mol. The number of thiocarbonyl (C=S) groups is 1. The lowest BCUT2D eigenvalue weighted by Gasteiger charge is -2.56. The number of likely N-dealkylation sites (N-methyl/N-ethyl adjacent to an activating group) is 1. The molecule has 2 heterocycles. The van der Waals surface area contributed by atoms with Gasteiger partial charge >= 0.3 is 0 Å². The number of hydrazone groups is 1. The van der Waals surface area contributed by atoms with Gasteiger partial charge < -0.3 is 10.6 Å². The number of hydrogen-bond acceptors (Lipinski definition) is 7. The summed E-state index contributed by atoms with van der Waals surface area (Å²) < 4.78 is 0. The second-order valence-electron chi connectivity index (χ2n) is 12.0. The number of fused-ring (bicyclic) bond motifs is 7. The maximum absolute atomic E-state index is 5.68. The molecule has 4 aliphatic carbocycles. The second-order valence-corrected chi connectivity index (χ2v) is 13.4. The van der Waals surface area contributed by atoms with Crippen LogP contribution >= 0.6 is 23.6 Å². The molecule has 0 amide bonds. The predicted octanol–water partition coefficient (Wildman–Crippen LogP) is 4.48. The van der Waals surface area contributed by atoms with Gasteiger partial charge in [0.05, 0.1) is 10.6 Å². The molecule has 1 aromatic rings. The first-order valence-corrected chi connectivity index (χ1v) is 15.1. The van der Waals surface area contributed by atoms with Crippen molar-refractivity contribution in [1.29, 1.82) is 0 Å². The number of thiazole rings is 1. The highest BCUT2D eigenvalue weighted by Gasteiger charge is 2.58. The summed E-state index contributed by atoms with van der Waals surface area (Å²) in [4.78, 5) is 9.06. The van der Waals surface area contributed by atoms with Gasteiger partial charge in [0.15, 0.2) is 10.2 Å². The fourth-order valence-corrected chi connectivity index (χ4v) is 9.59. The fourth-order valence-electron chi connectivity index (χ4n) is 8.33. The SMILES string of the molecule is CCN1CCN(Nc2nc3c(s2)C2=CC[C@@H]4[C@H](CC[C@]5(C)/C(=N/NC(N)=S)CC[C@@H]45)[C@@]2(C)CC3)CC1. The summed E-state index contributed by atoms with van der Waals surface area (Å²) in [5.41, 5.74) is 16.8. The van der Waals surface area contributed by atoms with Crippen molar-refractivity contribution in [2.75, 3.05) is 38.1 Å². The second kappa shape index (κ2) is 9.33. The van der Waals surface area contributed by atoms with E-state index in [1.807, 2.05) is 11.3 Å². The van der Waals surface area contributed by atoms with Crippen LogP contribution in [0, 0.1) is 28.6 Å². The Bertz CT molecular complexity index is 1090. The van der Waals surface area contributed by atoms with Gasteiger partial charge in [0.2, 0.25) is 0 Å². The largest absolute Gasteiger partial charge is 0.375 e. The van der Waals surface area contributed by atoms with Gasteiger partial charge in [-0.25, -0.2) is 9.99 Å². The third-order valence-corrected chi connectivity index (χ3v) is 11.5. The van der Waals surface area contributed by atoms with Crippen molar-refractivity contribution in [1.82, 2.24) is 20.3 Å². The molecular weight excluding hydrogens is 486 g/mol. The molecule has 2 saturated carbocycles. The van der Waals surface area contributed by atoms with Crippen molar-refractivity contribution in [3.63, 3.8) is 0 Å². The molecule has 196 valence electrons. The van der Waals surface area contributed by atoms with Crippen LogP contribution in [-0.2, 0) is 6.42 Å². The summed E-state index contributed by atoms with van der Waals surface area (Å²) >= 11 is 6.90. The molecule has 0 unspecified atom stereocenters. The average molecular weight is 528 g/mol. The summed E-state index contributed by atoms with van der Waals surface area (Å²) in [6, 6.07) is 0. The molecule has 36 heavy (non-hydrogen) atoms. The van der Waals surface area contributed by atoms with Gasteiger partial charge in [-0.2, -0.15) is 5.10 Å². The van der Waals surface area contributed by atoms with Gasteiger partial charge in [0.25, 0.3) is 0 Å². The van der Waals surface area contributed by atoms with Crippen molar-refractivity contribution >= 4 is 45.1 Å². The van der Waals surface area contributed by atoms with Gasteiger partial charge in [-0.15, -0.1) is 0 Å². The molecule has 0 bridgehead atoms. The number of allylic oxidation sites excluding steroid dienone is 2.